The summed E-state index contributed by atoms with van der Waals surface area (Å²) in [6.45, 7) is 0.250. The Hall–Kier alpha value is -2.34. The predicted molar refractivity (Wildman–Crippen MR) is 60.7 cm³/mol. The Morgan fingerprint density at radius 1 is 1.18 bits per heavy atom. The molecule has 0 amide bonds. The van der Waals surface area contributed by atoms with Crippen LogP contribution < -0.4 is 5.73 Å². The molecule has 0 saturated carbocycles. The van der Waals surface area contributed by atoms with E-state index in [0.29, 0.717) is 11.7 Å². The molecule has 2 heterocycles. The monoisotopic (exact) mass is 227 g/mol. The molecule has 0 aliphatic carbocycles. The fourth-order valence-electron chi connectivity index (χ4n) is 1.61. The molecular formula is C11H9N5O. The van der Waals surface area contributed by atoms with E-state index in [1.165, 1.54) is 0 Å². The number of para-hydroxylation sites is 1. The lowest BCUT2D eigenvalue weighted by Gasteiger charge is -1.99. The molecular weight excluding hydrogens is 218 g/mol. The number of fused-ring (bicyclic) bond motifs is 1. The second-order valence-corrected chi connectivity index (χ2v) is 3.45. The first kappa shape index (κ1) is 9.86. The van der Waals surface area contributed by atoms with Gasteiger partial charge in [0.1, 0.15) is 5.52 Å². The van der Waals surface area contributed by atoms with Crippen molar-refractivity contribution in [1.82, 2.24) is 20.1 Å². The highest BCUT2D eigenvalue weighted by Gasteiger charge is 2.12. The number of rotatable bonds is 2. The van der Waals surface area contributed by atoms with Crippen LogP contribution >= 0.6 is 0 Å². The molecule has 0 aliphatic rings. The maximum Gasteiger partial charge on any atom is 0.260 e. The average molecular weight is 227 g/mol. The van der Waals surface area contributed by atoms with Gasteiger partial charge < -0.3 is 10.3 Å². The maximum absolute atomic E-state index is 5.44. The van der Waals surface area contributed by atoms with E-state index in [0.717, 1.165) is 16.6 Å². The van der Waals surface area contributed by atoms with E-state index in [1.807, 2.05) is 18.2 Å². The molecule has 0 saturated heterocycles. The van der Waals surface area contributed by atoms with E-state index in [4.69, 9.17) is 10.3 Å². The van der Waals surface area contributed by atoms with Crippen LogP contribution in [0.2, 0.25) is 0 Å². The molecule has 0 spiro atoms. The molecule has 0 atom stereocenters. The molecule has 0 bridgehead atoms. The molecule has 6 heteroatoms. The first-order valence-corrected chi connectivity index (χ1v) is 5.11. The second-order valence-electron chi connectivity index (χ2n) is 3.45. The van der Waals surface area contributed by atoms with Gasteiger partial charge in [0.25, 0.3) is 5.89 Å². The molecule has 2 aromatic heterocycles. The van der Waals surface area contributed by atoms with Gasteiger partial charge in [-0.15, -0.1) is 0 Å². The van der Waals surface area contributed by atoms with Crippen LogP contribution in [0, 0.1) is 0 Å². The third-order valence-electron chi connectivity index (χ3n) is 2.38. The minimum atomic E-state index is 0.250. The highest BCUT2D eigenvalue weighted by atomic mass is 16.5. The lowest BCUT2D eigenvalue weighted by atomic mass is 10.2. The van der Waals surface area contributed by atoms with Crippen LogP contribution in [-0.4, -0.2) is 20.1 Å². The summed E-state index contributed by atoms with van der Waals surface area (Å²) in [6, 6.07) is 5.62. The molecule has 6 nitrogen and oxygen atoms in total. The Morgan fingerprint density at radius 3 is 2.88 bits per heavy atom. The third-order valence-corrected chi connectivity index (χ3v) is 2.38. The van der Waals surface area contributed by atoms with Gasteiger partial charge in [-0.3, -0.25) is 9.97 Å². The number of benzene rings is 1. The number of nitrogens with zero attached hydrogens (tertiary/aromatic N) is 4. The SMILES string of the molecule is NCc1noc(-c2cccc3nccnc23)n1. The minimum absolute atomic E-state index is 0.250. The number of hydrogen-bond donors (Lipinski definition) is 1. The van der Waals surface area contributed by atoms with Crippen LogP contribution in [0.1, 0.15) is 5.82 Å². The summed E-state index contributed by atoms with van der Waals surface area (Å²) in [7, 11) is 0. The first-order valence-electron chi connectivity index (χ1n) is 5.11. The molecule has 17 heavy (non-hydrogen) atoms. The van der Waals surface area contributed by atoms with Crippen LogP contribution in [0.3, 0.4) is 0 Å². The number of hydrogen-bond acceptors (Lipinski definition) is 6. The van der Waals surface area contributed by atoms with Crippen molar-refractivity contribution in [1.29, 1.82) is 0 Å². The molecule has 0 fully saturated rings. The van der Waals surface area contributed by atoms with Gasteiger partial charge in [-0.1, -0.05) is 11.2 Å². The first-order chi connectivity index (χ1) is 8.38. The van der Waals surface area contributed by atoms with Gasteiger partial charge in [-0.05, 0) is 12.1 Å². The van der Waals surface area contributed by atoms with Crippen molar-refractivity contribution in [3.8, 4) is 11.5 Å². The highest BCUT2D eigenvalue weighted by Crippen LogP contribution is 2.24. The molecule has 84 valence electrons. The minimum Gasteiger partial charge on any atom is -0.334 e. The van der Waals surface area contributed by atoms with Crippen molar-refractivity contribution in [2.75, 3.05) is 0 Å². The largest absolute Gasteiger partial charge is 0.334 e. The standard InChI is InChI=1S/C11H9N5O/c12-6-9-15-11(17-16-9)7-2-1-3-8-10(7)14-5-4-13-8/h1-5H,6,12H2. The van der Waals surface area contributed by atoms with E-state index in [-0.39, 0.29) is 6.54 Å². The predicted octanol–water partition coefficient (Wildman–Crippen LogP) is 1.14. The molecule has 3 rings (SSSR count). The van der Waals surface area contributed by atoms with Crippen LogP contribution in [0.4, 0.5) is 0 Å². The van der Waals surface area contributed by atoms with Crippen molar-refractivity contribution in [3.05, 3.63) is 36.4 Å². The lowest BCUT2D eigenvalue weighted by Crippen LogP contribution is -1.97. The topological polar surface area (TPSA) is 90.7 Å². The van der Waals surface area contributed by atoms with Crippen LogP contribution in [-0.2, 0) is 6.54 Å². The van der Waals surface area contributed by atoms with Crippen LogP contribution in [0.5, 0.6) is 0 Å². The van der Waals surface area contributed by atoms with Crippen LogP contribution in [0.25, 0.3) is 22.5 Å². The van der Waals surface area contributed by atoms with Crippen molar-refractivity contribution in [3.63, 3.8) is 0 Å². The Morgan fingerprint density at radius 2 is 2.06 bits per heavy atom. The van der Waals surface area contributed by atoms with Gasteiger partial charge in [0.2, 0.25) is 0 Å². The van der Waals surface area contributed by atoms with E-state index in [9.17, 15) is 0 Å². The highest BCUT2D eigenvalue weighted by molar-refractivity contribution is 5.88. The molecule has 1 aromatic carbocycles. The zero-order valence-corrected chi connectivity index (χ0v) is 8.87. The van der Waals surface area contributed by atoms with E-state index in [2.05, 4.69) is 20.1 Å². The number of nitrogens with two attached hydrogens (primary N) is 1. The summed E-state index contributed by atoms with van der Waals surface area (Å²) in [5, 5.41) is 3.76. The lowest BCUT2D eigenvalue weighted by molar-refractivity contribution is 0.423. The normalized spacial score (nSPS) is 10.9. The van der Waals surface area contributed by atoms with E-state index >= 15 is 0 Å². The smallest absolute Gasteiger partial charge is 0.260 e. The van der Waals surface area contributed by atoms with Gasteiger partial charge in [0.05, 0.1) is 17.6 Å². The van der Waals surface area contributed by atoms with Gasteiger partial charge in [0, 0.05) is 12.4 Å². The Balaban J connectivity index is 2.23. The van der Waals surface area contributed by atoms with E-state index < -0.39 is 0 Å². The zero-order valence-electron chi connectivity index (χ0n) is 8.87. The summed E-state index contributed by atoms with van der Waals surface area (Å²) in [6.07, 6.45) is 3.28. The molecule has 0 radical (unpaired) electrons. The van der Waals surface area contributed by atoms with Gasteiger partial charge in [-0.25, -0.2) is 0 Å². The van der Waals surface area contributed by atoms with Crippen LogP contribution in [0.15, 0.2) is 35.1 Å². The Bertz CT molecular complexity index is 658. The molecule has 0 unspecified atom stereocenters. The average Bonchev–Trinajstić information content (AvgIpc) is 2.87. The summed E-state index contributed by atoms with van der Waals surface area (Å²) in [5.41, 5.74) is 7.73. The summed E-state index contributed by atoms with van der Waals surface area (Å²) >= 11 is 0. The molecule has 3 aromatic rings. The Labute approximate surface area is 96.5 Å². The van der Waals surface area contributed by atoms with Crippen molar-refractivity contribution in [2.24, 2.45) is 5.73 Å². The summed E-state index contributed by atoms with van der Waals surface area (Å²) < 4.78 is 5.14. The fraction of sp³-hybridized carbons (Fsp3) is 0.0909. The van der Waals surface area contributed by atoms with Gasteiger partial charge in [0.15, 0.2) is 5.82 Å². The quantitative estimate of drug-likeness (QED) is 0.705. The van der Waals surface area contributed by atoms with Crippen molar-refractivity contribution in [2.45, 2.75) is 6.54 Å². The van der Waals surface area contributed by atoms with Crippen molar-refractivity contribution >= 4 is 11.0 Å². The zero-order chi connectivity index (χ0) is 11.7. The van der Waals surface area contributed by atoms with Gasteiger partial charge in [-0.2, -0.15) is 4.98 Å². The Kier molecular flexibility index (Phi) is 2.27. The second kappa shape index (κ2) is 3.91. The number of aromatic nitrogens is 4. The fourth-order valence-corrected chi connectivity index (χ4v) is 1.61. The van der Waals surface area contributed by atoms with Crippen molar-refractivity contribution < 1.29 is 4.52 Å². The molecule has 0 aliphatic heterocycles. The third kappa shape index (κ3) is 1.64. The van der Waals surface area contributed by atoms with E-state index in [1.54, 1.807) is 12.4 Å². The van der Waals surface area contributed by atoms with Gasteiger partial charge >= 0.3 is 0 Å². The summed E-state index contributed by atoms with van der Waals surface area (Å²) in [4.78, 5) is 12.7. The summed E-state index contributed by atoms with van der Waals surface area (Å²) in [5.74, 6) is 0.887. The maximum atomic E-state index is 5.44. The molecule has 2 N–H and O–H groups in total.